The predicted molar refractivity (Wildman–Crippen MR) is 113 cm³/mol. The third kappa shape index (κ3) is 5.75. The largest absolute Gasteiger partial charge is 0.504 e. The van der Waals surface area contributed by atoms with Gasteiger partial charge in [0, 0.05) is 28.7 Å². The van der Waals surface area contributed by atoms with Crippen molar-refractivity contribution in [2.24, 2.45) is 5.10 Å². The molecule has 32 heavy (non-hydrogen) atoms. The van der Waals surface area contributed by atoms with Crippen molar-refractivity contribution in [3.05, 3.63) is 77.6 Å². The molecule has 1 amide bonds. The van der Waals surface area contributed by atoms with E-state index in [1.54, 1.807) is 37.3 Å². The second kappa shape index (κ2) is 9.82. The zero-order valence-electron chi connectivity index (χ0n) is 16.8. The maximum Gasteiger partial charge on any atom is 0.433 e. The van der Waals surface area contributed by atoms with Crippen LogP contribution in [0, 0.1) is 0 Å². The van der Waals surface area contributed by atoms with Gasteiger partial charge in [0.25, 0.3) is 5.91 Å². The molecule has 0 atom stereocenters. The highest BCUT2D eigenvalue weighted by Gasteiger charge is 2.32. The molecular formula is C22H19F3N4O3. The monoisotopic (exact) mass is 444 g/mol. The Morgan fingerprint density at radius 1 is 1.16 bits per heavy atom. The van der Waals surface area contributed by atoms with Gasteiger partial charge in [0.1, 0.15) is 5.69 Å². The summed E-state index contributed by atoms with van der Waals surface area (Å²) in [6, 6.07) is 13.3. The Kier molecular flexibility index (Phi) is 6.93. The Bertz CT molecular complexity index is 1130. The molecule has 1 aromatic heterocycles. The maximum absolute atomic E-state index is 12.8. The molecule has 166 valence electrons. The van der Waals surface area contributed by atoms with E-state index in [0.29, 0.717) is 23.6 Å². The van der Waals surface area contributed by atoms with Crippen LogP contribution in [-0.2, 0) is 6.18 Å². The van der Waals surface area contributed by atoms with Gasteiger partial charge in [-0.25, -0.2) is 5.43 Å². The number of aromatic hydroxyl groups is 1. The van der Waals surface area contributed by atoms with Crippen molar-refractivity contribution in [1.29, 1.82) is 0 Å². The summed E-state index contributed by atoms with van der Waals surface area (Å²) >= 11 is 0. The molecule has 3 N–H and O–H groups in total. The summed E-state index contributed by atoms with van der Waals surface area (Å²) in [6.45, 7) is 2.17. The summed E-state index contributed by atoms with van der Waals surface area (Å²) in [4.78, 5) is 15.7. The van der Waals surface area contributed by atoms with E-state index in [4.69, 9.17) is 4.74 Å². The molecule has 0 bridgehead atoms. The highest BCUT2D eigenvalue weighted by Crippen LogP contribution is 2.30. The van der Waals surface area contributed by atoms with Gasteiger partial charge in [-0.2, -0.15) is 18.3 Å². The van der Waals surface area contributed by atoms with E-state index in [2.05, 4.69) is 20.8 Å². The second-order valence-electron chi connectivity index (χ2n) is 6.46. The fourth-order valence-electron chi connectivity index (χ4n) is 2.71. The molecule has 3 rings (SSSR count). The van der Waals surface area contributed by atoms with Crippen LogP contribution in [0.1, 0.15) is 28.5 Å². The van der Waals surface area contributed by atoms with E-state index >= 15 is 0 Å². The molecule has 0 fully saturated rings. The summed E-state index contributed by atoms with van der Waals surface area (Å²) in [5, 5.41) is 16.8. The van der Waals surface area contributed by atoms with Crippen LogP contribution in [0.25, 0.3) is 0 Å². The van der Waals surface area contributed by atoms with Gasteiger partial charge < -0.3 is 15.2 Å². The number of hydrogen-bond donors (Lipinski definition) is 3. The highest BCUT2D eigenvalue weighted by molar-refractivity contribution is 5.96. The highest BCUT2D eigenvalue weighted by atomic mass is 19.4. The minimum atomic E-state index is -4.56. The molecule has 0 aliphatic heterocycles. The van der Waals surface area contributed by atoms with Crippen LogP contribution in [-0.4, -0.2) is 28.8 Å². The van der Waals surface area contributed by atoms with Gasteiger partial charge in [0.05, 0.1) is 12.8 Å². The molecular weight excluding hydrogens is 425 g/mol. The Hall–Kier alpha value is -4.08. The summed E-state index contributed by atoms with van der Waals surface area (Å²) in [5.74, 6) is -0.350. The number of pyridine rings is 1. The molecule has 0 spiro atoms. The molecule has 10 heteroatoms. The third-order valence-corrected chi connectivity index (χ3v) is 4.16. The van der Waals surface area contributed by atoms with Crippen molar-refractivity contribution in [3.63, 3.8) is 0 Å². The molecule has 2 aromatic carbocycles. The number of anilines is 2. The van der Waals surface area contributed by atoms with Crippen LogP contribution in [0.5, 0.6) is 11.5 Å². The Labute approximate surface area is 181 Å². The Morgan fingerprint density at radius 3 is 2.66 bits per heavy atom. The minimum absolute atomic E-state index is 0.103. The van der Waals surface area contributed by atoms with Gasteiger partial charge >= 0.3 is 6.18 Å². The molecule has 0 saturated heterocycles. The number of para-hydroxylation sites is 1. The summed E-state index contributed by atoms with van der Waals surface area (Å²) in [6.07, 6.45) is -2.24. The molecule has 0 aliphatic rings. The maximum atomic E-state index is 12.8. The summed E-state index contributed by atoms with van der Waals surface area (Å²) in [5.41, 5.74) is 2.47. The molecule has 0 radical (unpaired) electrons. The SMILES string of the molecule is CCOc1cccc(/C=N/NC(=O)c2cccc(Nc3ccnc(C(F)(F)F)c3)c2)c1O. The quantitative estimate of drug-likeness (QED) is 0.362. The zero-order chi connectivity index (χ0) is 23.1. The zero-order valence-corrected chi connectivity index (χ0v) is 16.8. The lowest BCUT2D eigenvalue weighted by molar-refractivity contribution is -0.141. The first-order valence-electron chi connectivity index (χ1n) is 9.46. The molecule has 7 nitrogen and oxygen atoms in total. The average Bonchev–Trinajstić information content (AvgIpc) is 2.76. The van der Waals surface area contributed by atoms with Crippen molar-refractivity contribution in [1.82, 2.24) is 10.4 Å². The third-order valence-electron chi connectivity index (χ3n) is 4.16. The van der Waals surface area contributed by atoms with Crippen molar-refractivity contribution < 1.29 is 27.8 Å². The van der Waals surface area contributed by atoms with Crippen LogP contribution in [0.4, 0.5) is 24.5 Å². The van der Waals surface area contributed by atoms with Crippen molar-refractivity contribution in [2.45, 2.75) is 13.1 Å². The van der Waals surface area contributed by atoms with Gasteiger partial charge in [0.15, 0.2) is 11.5 Å². The topological polar surface area (TPSA) is 95.8 Å². The Morgan fingerprint density at radius 2 is 1.91 bits per heavy atom. The van der Waals surface area contributed by atoms with Gasteiger partial charge in [-0.05, 0) is 49.4 Å². The number of ether oxygens (including phenoxy) is 1. The first kappa shape index (κ1) is 22.6. The van der Waals surface area contributed by atoms with E-state index in [1.165, 1.54) is 24.4 Å². The van der Waals surface area contributed by atoms with Crippen LogP contribution >= 0.6 is 0 Å². The van der Waals surface area contributed by atoms with Crippen molar-refractivity contribution in [3.8, 4) is 11.5 Å². The number of aromatic nitrogens is 1. The number of carbonyl (C=O) groups excluding carboxylic acids is 1. The average molecular weight is 444 g/mol. The number of rotatable bonds is 7. The number of alkyl halides is 3. The number of amides is 1. The van der Waals surface area contributed by atoms with E-state index < -0.39 is 17.8 Å². The molecule has 3 aromatic rings. The number of nitrogens with one attached hydrogen (secondary N) is 2. The summed E-state index contributed by atoms with van der Waals surface area (Å²) < 4.78 is 43.8. The smallest absolute Gasteiger partial charge is 0.433 e. The van der Waals surface area contributed by atoms with Crippen molar-refractivity contribution in [2.75, 3.05) is 11.9 Å². The lowest BCUT2D eigenvalue weighted by Gasteiger charge is -2.10. The molecule has 0 saturated carbocycles. The number of hydrazone groups is 1. The van der Waals surface area contributed by atoms with Crippen LogP contribution in [0.3, 0.4) is 0 Å². The van der Waals surface area contributed by atoms with Gasteiger partial charge in [0.2, 0.25) is 0 Å². The van der Waals surface area contributed by atoms with E-state index in [1.807, 2.05) is 0 Å². The van der Waals surface area contributed by atoms with E-state index in [-0.39, 0.29) is 17.0 Å². The number of phenols is 1. The van der Waals surface area contributed by atoms with E-state index in [9.17, 15) is 23.1 Å². The predicted octanol–water partition coefficient (Wildman–Crippen LogP) is 4.71. The standard InChI is InChI=1S/C22H19F3N4O3/c1-2-32-18-8-4-6-15(20(18)30)13-27-29-21(31)14-5-3-7-16(11-14)28-17-9-10-26-19(12-17)22(23,24)25/h3-13,30H,2H2,1H3,(H,26,28)(H,29,31)/b27-13+. The fraction of sp³-hybridized carbons (Fsp3) is 0.136. The summed E-state index contributed by atoms with van der Waals surface area (Å²) in [7, 11) is 0. The lowest BCUT2D eigenvalue weighted by atomic mass is 10.2. The number of nitrogens with zero attached hydrogens (tertiary/aromatic N) is 2. The number of phenolic OH excluding ortho intramolecular Hbond substituents is 1. The van der Waals surface area contributed by atoms with Crippen LogP contribution in [0.2, 0.25) is 0 Å². The first-order valence-corrected chi connectivity index (χ1v) is 9.46. The first-order chi connectivity index (χ1) is 15.3. The second-order valence-corrected chi connectivity index (χ2v) is 6.46. The van der Waals surface area contributed by atoms with E-state index in [0.717, 1.165) is 12.3 Å². The number of benzene rings is 2. The minimum Gasteiger partial charge on any atom is -0.504 e. The molecule has 0 unspecified atom stereocenters. The molecule has 0 aliphatic carbocycles. The molecule has 1 heterocycles. The number of halogens is 3. The van der Waals surface area contributed by atoms with Crippen LogP contribution < -0.4 is 15.5 Å². The van der Waals surface area contributed by atoms with Gasteiger partial charge in [-0.15, -0.1) is 0 Å². The van der Waals surface area contributed by atoms with Crippen LogP contribution in [0.15, 0.2) is 65.9 Å². The Balaban J connectivity index is 1.68. The fourth-order valence-corrected chi connectivity index (χ4v) is 2.71. The number of hydrogen-bond acceptors (Lipinski definition) is 6. The van der Waals surface area contributed by atoms with Gasteiger partial charge in [-0.3, -0.25) is 9.78 Å². The van der Waals surface area contributed by atoms with Crippen molar-refractivity contribution >= 4 is 23.5 Å². The van der Waals surface area contributed by atoms with Gasteiger partial charge in [-0.1, -0.05) is 12.1 Å². The normalized spacial score (nSPS) is 11.4. The lowest BCUT2D eigenvalue weighted by Crippen LogP contribution is -2.17. The number of carbonyl (C=O) groups is 1.